The Bertz CT molecular complexity index is 1050. The third kappa shape index (κ3) is 54.9. The number of rotatable bonds is 13. The zero-order valence-corrected chi connectivity index (χ0v) is 40.6. The first-order valence-electron chi connectivity index (χ1n) is 20.1. The SMILES string of the molecule is CC(=O)C(C)C.CC(C)C(=O)N(C)C.CC(C)C(=O)NC1CC1.CC(F)CNC(=O)C(C)C.CNC(=O)C(C)C.CNC(=S)C(C)C.COCCNC(=O)C(C)C. The number of thiocarbonyl (C=S) groups is 1. The van der Waals surface area contributed by atoms with Gasteiger partial charge in [-0.15, -0.1) is 0 Å². The molecule has 15 heteroatoms. The molecule has 340 valence electrons. The second-order valence-corrected chi connectivity index (χ2v) is 16.2. The lowest BCUT2D eigenvalue weighted by atomic mass is 10.1. The minimum Gasteiger partial charge on any atom is -0.383 e. The van der Waals surface area contributed by atoms with Gasteiger partial charge in [0.05, 0.1) is 11.6 Å². The molecule has 5 N–H and O–H groups in total. The fourth-order valence-electron chi connectivity index (χ4n) is 2.62. The number of ketones is 1. The number of carbonyl (C=O) groups is 6. The second-order valence-electron chi connectivity index (χ2n) is 15.7. The predicted molar refractivity (Wildman–Crippen MR) is 239 cm³/mol. The van der Waals surface area contributed by atoms with Crippen LogP contribution in [0.15, 0.2) is 0 Å². The molecule has 0 spiro atoms. The van der Waals surface area contributed by atoms with Gasteiger partial charge < -0.3 is 36.2 Å². The molecule has 0 aliphatic heterocycles. The van der Waals surface area contributed by atoms with Gasteiger partial charge in [0, 0.05) is 95.9 Å². The Kier molecular flexibility index (Phi) is 47.2. The van der Waals surface area contributed by atoms with Crippen LogP contribution in [0.3, 0.4) is 0 Å². The Hall–Kier alpha value is -3.20. The number of halogens is 1. The molecule has 1 aliphatic carbocycles. The van der Waals surface area contributed by atoms with Crippen molar-refractivity contribution in [3.8, 4) is 0 Å². The van der Waals surface area contributed by atoms with E-state index in [1.807, 2.05) is 76.3 Å². The molecule has 1 atom stereocenters. The van der Waals surface area contributed by atoms with E-state index in [1.165, 1.54) is 19.8 Å². The van der Waals surface area contributed by atoms with E-state index >= 15 is 0 Å². The van der Waals surface area contributed by atoms with Gasteiger partial charge >= 0.3 is 0 Å². The molecular weight excluding hydrogens is 752 g/mol. The molecule has 0 aromatic rings. The van der Waals surface area contributed by atoms with Crippen LogP contribution in [0.5, 0.6) is 0 Å². The van der Waals surface area contributed by atoms with Crippen LogP contribution in [0.1, 0.15) is 124 Å². The molecule has 1 unspecified atom stereocenters. The van der Waals surface area contributed by atoms with Gasteiger partial charge in [0.1, 0.15) is 12.0 Å². The maximum absolute atomic E-state index is 12.1. The minimum atomic E-state index is -0.956. The fourth-order valence-corrected chi connectivity index (χ4v) is 2.62. The summed E-state index contributed by atoms with van der Waals surface area (Å²) in [4.78, 5) is 66.3. The first-order chi connectivity index (χ1) is 26.0. The van der Waals surface area contributed by atoms with Crippen LogP contribution in [-0.4, -0.2) is 112 Å². The van der Waals surface area contributed by atoms with Crippen LogP contribution < -0.4 is 26.6 Å². The standard InChI is InChI=1S/C7H14FNO.C7H15NO2.C7H13NO.C6H13NO.C5H11NO.C5H11NS.C5H10O/c1-5(2)7(10)9-4-6(3)8;1-6(2)7(9)8-4-5-10-3;1-5(2)7(9)8-6-3-4-6;1-5(2)6(8)7(3)4;2*1-4(2)5(7)6-3;1-4(2)5(3)6/h5-6H,4H2,1-3H3,(H,9,10);6H,4-5H2,1-3H3,(H,8,9);5-6H,3-4H2,1-2H3,(H,8,9);5H,1-4H3;2*4H,1-3H3,(H,6,7);4H,1-3H3. The number of nitrogens with zero attached hydrogens (tertiary/aromatic N) is 1. The van der Waals surface area contributed by atoms with E-state index in [2.05, 4.69) is 40.4 Å². The quantitative estimate of drug-likeness (QED) is 0.110. The Labute approximate surface area is 353 Å². The monoisotopic (exact) mass is 839 g/mol. The summed E-state index contributed by atoms with van der Waals surface area (Å²) in [6, 6.07) is 0.514. The van der Waals surface area contributed by atoms with Crippen molar-refractivity contribution in [3.05, 3.63) is 0 Å². The molecule has 0 bridgehead atoms. The maximum atomic E-state index is 12.1. The van der Waals surface area contributed by atoms with Crippen molar-refractivity contribution in [3.63, 3.8) is 0 Å². The van der Waals surface area contributed by atoms with Gasteiger partial charge in [0.2, 0.25) is 29.5 Å². The molecule has 57 heavy (non-hydrogen) atoms. The average Bonchev–Trinajstić information content (AvgIpc) is 3.94. The average molecular weight is 839 g/mol. The van der Waals surface area contributed by atoms with Crippen molar-refractivity contribution in [2.24, 2.45) is 41.4 Å². The van der Waals surface area contributed by atoms with Gasteiger partial charge in [-0.25, -0.2) is 4.39 Å². The molecule has 0 aromatic heterocycles. The summed E-state index contributed by atoms with van der Waals surface area (Å²) >= 11 is 4.87. The number of nitrogens with one attached hydrogen (secondary N) is 5. The van der Waals surface area contributed by atoms with E-state index in [0.29, 0.717) is 25.1 Å². The zero-order chi connectivity index (χ0) is 46.6. The van der Waals surface area contributed by atoms with Crippen molar-refractivity contribution in [2.45, 2.75) is 136 Å². The van der Waals surface area contributed by atoms with Crippen LogP contribution >= 0.6 is 12.2 Å². The molecule has 1 rings (SSSR count). The number of carbonyl (C=O) groups excluding carboxylic acids is 6. The van der Waals surface area contributed by atoms with Crippen LogP contribution in [0.2, 0.25) is 0 Å². The zero-order valence-electron chi connectivity index (χ0n) is 39.8. The second kappa shape index (κ2) is 41.0. The lowest BCUT2D eigenvalue weighted by molar-refractivity contribution is -0.132. The first-order valence-corrected chi connectivity index (χ1v) is 20.5. The van der Waals surface area contributed by atoms with Crippen molar-refractivity contribution in [1.29, 1.82) is 0 Å². The molecule has 1 aliphatic rings. The van der Waals surface area contributed by atoms with Crippen molar-refractivity contribution in [2.75, 3.05) is 55.0 Å². The van der Waals surface area contributed by atoms with E-state index in [1.54, 1.807) is 53.9 Å². The van der Waals surface area contributed by atoms with Gasteiger partial charge in [-0.1, -0.05) is 109 Å². The van der Waals surface area contributed by atoms with Crippen molar-refractivity contribution < 1.29 is 37.9 Å². The lowest BCUT2D eigenvalue weighted by Gasteiger charge is -2.11. The summed E-state index contributed by atoms with van der Waals surface area (Å²) in [5, 5.41) is 13.5. The smallest absolute Gasteiger partial charge is 0.224 e. The number of Topliss-reactive ketones (excluding diaryl/α,β-unsaturated/α-hetero) is 1. The summed E-state index contributed by atoms with van der Waals surface area (Å²) in [5.74, 6) is 1.82. The number of ether oxygens (including phenoxy) is 1. The summed E-state index contributed by atoms with van der Waals surface area (Å²) in [6.07, 6.45) is 1.40. The molecule has 1 saturated carbocycles. The molecule has 1 fully saturated rings. The van der Waals surface area contributed by atoms with Crippen LogP contribution in [0.25, 0.3) is 0 Å². The summed E-state index contributed by atoms with van der Waals surface area (Å²) < 4.78 is 16.9. The van der Waals surface area contributed by atoms with Gasteiger partial charge in [-0.05, 0) is 26.7 Å². The van der Waals surface area contributed by atoms with E-state index in [9.17, 15) is 33.2 Å². The Balaban J connectivity index is -0.000000134. The first kappa shape index (κ1) is 65.6. The third-order valence-corrected chi connectivity index (χ3v) is 7.62. The normalized spacial score (nSPS) is 11.5. The van der Waals surface area contributed by atoms with Crippen LogP contribution in [-0.2, 0) is 33.5 Å². The molecule has 0 saturated heterocycles. The number of methoxy groups -OCH3 is 1. The molecule has 0 heterocycles. The van der Waals surface area contributed by atoms with Gasteiger partial charge in [-0.2, -0.15) is 0 Å². The Morgan fingerprint density at radius 1 is 0.632 bits per heavy atom. The Morgan fingerprint density at radius 3 is 1.19 bits per heavy atom. The predicted octanol–water partition coefficient (Wildman–Crippen LogP) is 5.98. The molecule has 5 amide bonds. The molecule has 13 nitrogen and oxygen atoms in total. The van der Waals surface area contributed by atoms with E-state index in [0.717, 1.165) is 4.99 Å². The minimum absolute atomic E-state index is 0.0567. The largest absolute Gasteiger partial charge is 0.383 e. The highest BCUT2D eigenvalue weighted by Crippen LogP contribution is 2.18. The third-order valence-electron chi connectivity index (χ3n) is 6.95. The van der Waals surface area contributed by atoms with Crippen molar-refractivity contribution in [1.82, 2.24) is 31.5 Å². The van der Waals surface area contributed by atoms with Gasteiger partial charge in [0.25, 0.3) is 0 Å². The van der Waals surface area contributed by atoms with E-state index in [4.69, 9.17) is 17.0 Å². The van der Waals surface area contributed by atoms with Gasteiger partial charge in [0.15, 0.2) is 0 Å². The highest BCUT2D eigenvalue weighted by molar-refractivity contribution is 7.80. The highest BCUT2D eigenvalue weighted by atomic mass is 32.1. The molecule has 0 aromatic carbocycles. The van der Waals surface area contributed by atoms with Crippen LogP contribution in [0, 0.1) is 41.4 Å². The maximum Gasteiger partial charge on any atom is 0.224 e. The lowest BCUT2D eigenvalue weighted by Crippen LogP contribution is -2.32. The number of amides is 5. The van der Waals surface area contributed by atoms with E-state index in [-0.39, 0.29) is 77.4 Å². The molecule has 0 radical (unpaired) electrons. The van der Waals surface area contributed by atoms with Crippen molar-refractivity contribution >= 4 is 52.5 Å². The fraction of sp³-hybridized carbons (Fsp3) is 0.833. The number of hydrogen-bond acceptors (Lipinski definition) is 8. The number of alkyl halides is 1. The Morgan fingerprint density at radius 2 is 1.02 bits per heavy atom. The molecular formula is C42H87FN6O7S. The van der Waals surface area contributed by atoms with Gasteiger partial charge in [-0.3, -0.25) is 28.8 Å². The summed E-state index contributed by atoms with van der Waals surface area (Å²) in [5.41, 5.74) is 0. The van der Waals surface area contributed by atoms with Crippen LogP contribution in [0.4, 0.5) is 4.39 Å². The topological polar surface area (TPSA) is 175 Å². The summed E-state index contributed by atoms with van der Waals surface area (Å²) in [6.45, 7) is 30.9. The van der Waals surface area contributed by atoms with E-state index < -0.39 is 6.17 Å². The summed E-state index contributed by atoms with van der Waals surface area (Å²) in [7, 11) is 8.64. The highest BCUT2D eigenvalue weighted by Gasteiger charge is 2.23. The number of hydrogen-bond donors (Lipinski definition) is 5.